The van der Waals surface area contributed by atoms with Gasteiger partial charge in [0.25, 0.3) is 0 Å². The molecule has 0 atom stereocenters. The van der Waals surface area contributed by atoms with E-state index in [1.807, 2.05) is 30.3 Å². The summed E-state index contributed by atoms with van der Waals surface area (Å²) < 4.78 is 5.21. The number of anilines is 1. The van der Waals surface area contributed by atoms with Crippen molar-refractivity contribution < 1.29 is 14.0 Å². The number of azo groups is 1. The molecule has 1 fully saturated rings. The average Bonchev–Trinajstić information content (AvgIpc) is 3.27. The Morgan fingerprint density at radius 1 is 1.05 bits per heavy atom. The Labute approximate surface area is 124 Å². The van der Waals surface area contributed by atoms with Gasteiger partial charge in [0.15, 0.2) is 11.5 Å². The molecule has 2 aliphatic rings. The molecule has 2 aliphatic heterocycles. The molecule has 0 saturated carbocycles. The number of para-hydroxylation sites is 1. The summed E-state index contributed by atoms with van der Waals surface area (Å²) in [6, 6.07) is 12.6. The first-order valence-electron chi connectivity index (χ1n) is 6.43. The standard InChI is InChI=1S/C14H9N5O3/c20-14-11(19(18-22-14)9-5-2-1-3-6-9)13-15-12(16-17-13)10-7-4-8-21-10/h1-8,18H/b13-11-. The number of benzene rings is 1. The summed E-state index contributed by atoms with van der Waals surface area (Å²) in [5, 5.41) is 9.33. The van der Waals surface area contributed by atoms with Crippen LogP contribution in [0.3, 0.4) is 0 Å². The van der Waals surface area contributed by atoms with Crippen LogP contribution in [0, 0.1) is 0 Å². The van der Waals surface area contributed by atoms with Gasteiger partial charge in [-0.05, 0) is 24.3 Å². The third kappa shape index (κ3) is 1.98. The summed E-state index contributed by atoms with van der Waals surface area (Å²) in [6.45, 7) is 0. The number of amidine groups is 1. The SMILES string of the molecule is O=C1ONN(c2ccccc2)/C1=C1\N=NC(c2ccco2)=N1. The number of hydrogen-bond donors (Lipinski definition) is 1. The van der Waals surface area contributed by atoms with Crippen LogP contribution in [0.2, 0.25) is 0 Å². The number of hydrazine groups is 1. The Morgan fingerprint density at radius 2 is 1.91 bits per heavy atom. The Hall–Kier alpha value is -3.26. The van der Waals surface area contributed by atoms with Gasteiger partial charge in [-0.2, -0.15) is 4.99 Å². The molecule has 2 aromatic rings. The smallest absolute Gasteiger partial charge is 0.380 e. The van der Waals surface area contributed by atoms with Crippen molar-refractivity contribution in [3.8, 4) is 0 Å². The molecule has 8 heteroatoms. The monoisotopic (exact) mass is 295 g/mol. The van der Waals surface area contributed by atoms with E-state index in [0.717, 1.165) is 0 Å². The molecule has 0 radical (unpaired) electrons. The van der Waals surface area contributed by atoms with Crippen LogP contribution in [0.4, 0.5) is 5.69 Å². The molecule has 1 N–H and O–H groups in total. The van der Waals surface area contributed by atoms with Crippen LogP contribution in [-0.4, -0.2) is 11.8 Å². The topological polar surface area (TPSA) is 91.8 Å². The van der Waals surface area contributed by atoms with Gasteiger partial charge in [-0.25, -0.2) is 9.80 Å². The van der Waals surface area contributed by atoms with Crippen molar-refractivity contribution in [1.29, 1.82) is 0 Å². The summed E-state index contributed by atoms with van der Waals surface area (Å²) in [5.74, 6) is 0.359. The molecule has 1 aromatic heterocycles. The molecule has 0 aliphatic carbocycles. The molecule has 0 amide bonds. The molecular formula is C14H9N5O3. The molecule has 0 bridgehead atoms. The van der Waals surface area contributed by atoms with E-state index < -0.39 is 5.97 Å². The first kappa shape index (κ1) is 12.5. The maximum Gasteiger partial charge on any atom is 0.380 e. The van der Waals surface area contributed by atoms with Crippen LogP contribution >= 0.6 is 0 Å². The van der Waals surface area contributed by atoms with E-state index in [2.05, 4.69) is 20.8 Å². The van der Waals surface area contributed by atoms with Gasteiger partial charge in [-0.3, -0.25) is 0 Å². The lowest BCUT2D eigenvalue weighted by molar-refractivity contribution is -0.140. The maximum absolute atomic E-state index is 12.0. The van der Waals surface area contributed by atoms with Gasteiger partial charge in [0.05, 0.1) is 12.0 Å². The second-order valence-electron chi connectivity index (χ2n) is 4.44. The Kier molecular flexibility index (Phi) is 2.80. The third-order valence-electron chi connectivity index (χ3n) is 3.07. The number of rotatable bonds is 2. The van der Waals surface area contributed by atoms with E-state index in [9.17, 15) is 4.79 Å². The number of nitrogens with zero attached hydrogens (tertiary/aromatic N) is 4. The molecule has 108 valence electrons. The van der Waals surface area contributed by atoms with Gasteiger partial charge in [-0.15, -0.1) is 10.2 Å². The van der Waals surface area contributed by atoms with Crippen molar-refractivity contribution in [3.05, 3.63) is 66.0 Å². The number of aliphatic imine (C=N–C) groups is 1. The van der Waals surface area contributed by atoms with Gasteiger partial charge < -0.3 is 9.25 Å². The zero-order valence-corrected chi connectivity index (χ0v) is 11.1. The molecule has 4 rings (SSSR count). The average molecular weight is 295 g/mol. The van der Waals surface area contributed by atoms with E-state index in [1.54, 1.807) is 12.1 Å². The lowest BCUT2D eigenvalue weighted by Gasteiger charge is -2.14. The fourth-order valence-electron chi connectivity index (χ4n) is 2.07. The van der Waals surface area contributed by atoms with Crippen molar-refractivity contribution in [1.82, 2.24) is 5.59 Å². The summed E-state index contributed by atoms with van der Waals surface area (Å²) in [5.41, 5.74) is 3.41. The summed E-state index contributed by atoms with van der Waals surface area (Å²) >= 11 is 0. The van der Waals surface area contributed by atoms with Crippen molar-refractivity contribution in [2.45, 2.75) is 0 Å². The Bertz CT molecular complexity index is 808. The number of furan rings is 1. The molecule has 1 saturated heterocycles. The van der Waals surface area contributed by atoms with E-state index in [4.69, 9.17) is 9.25 Å². The summed E-state index contributed by atoms with van der Waals surface area (Å²) in [7, 11) is 0. The second kappa shape index (κ2) is 4.93. The zero-order valence-electron chi connectivity index (χ0n) is 11.1. The third-order valence-corrected chi connectivity index (χ3v) is 3.07. The fourth-order valence-corrected chi connectivity index (χ4v) is 2.07. The first-order chi connectivity index (χ1) is 10.8. The van der Waals surface area contributed by atoms with Crippen LogP contribution < -0.4 is 10.6 Å². The molecule has 8 nitrogen and oxygen atoms in total. The molecule has 1 aromatic carbocycles. The van der Waals surface area contributed by atoms with Gasteiger partial charge in [0.2, 0.25) is 11.7 Å². The minimum atomic E-state index is -0.581. The van der Waals surface area contributed by atoms with Crippen molar-refractivity contribution in [2.24, 2.45) is 15.2 Å². The minimum absolute atomic E-state index is 0.158. The summed E-state index contributed by atoms with van der Waals surface area (Å²) in [6.07, 6.45) is 1.51. The van der Waals surface area contributed by atoms with Gasteiger partial charge in [0.1, 0.15) is 0 Å². The van der Waals surface area contributed by atoms with Crippen LogP contribution in [0.1, 0.15) is 5.76 Å². The van der Waals surface area contributed by atoms with Crippen molar-refractivity contribution in [3.63, 3.8) is 0 Å². The molecular weight excluding hydrogens is 286 g/mol. The number of hydrogen-bond acceptors (Lipinski definition) is 8. The largest absolute Gasteiger partial charge is 0.461 e. The molecule has 22 heavy (non-hydrogen) atoms. The lowest BCUT2D eigenvalue weighted by Crippen LogP contribution is -2.29. The van der Waals surface area contributed by atoms with Crippen LogP contribution in [0.15, 0.2) is 79.9 Å². The lowest BCUT2D eigenvalue weighted by atomic mass is 10.3. The number of carbonyl (C=O) groups excluding carboxylic acids is 1. The van der Waals surface area contributed by atoms with E-state index in [0.29, 0.717) is 17.3 Å². The van der Waals surface area contributed by atoms with E-state index in [1.165, 1.54) is 11.3 Å². The van der Waals surface area contributed by atoms with Gasteiger partial charge in [-0.1, -0.05) is 23.8 Å². The maximum atomic E-state index is 12.0. The zero-order chi connectivity index (χ0) is 14.9. The highest BCUT2D eigenvalue weighted by molar-refractivity contribution is 6.00. The summed E-state index contributed by atoms with van der Waals surface area (Å²) in [4.78, 5) is 21.0. The predicted octanol–water partition coefficient (Wildman–Crippen LogP) is 2.14. The minimum Gasteiger partial charge on any atom is -0.461 e. The molecule has 0 spiro atoms. The van der Waals surface area contributed by atoms with Crippen molar-refractivity contribution >= 4 is 17.5 Å². The Balaban J connectivity index is 1.77. The normalized spacial score (nSPS) is 20.5. The van der Waals surface area contributed by atoms with E-state index in [-0.39, 0.29) is 11.5 Å². The highest BCUT2D eigenvalue weighted by atomic mass is 16.7. The second-order valence-corrected chi connectivity index (χ2v) is 4.44. The first-order valence-corrected chi connectivity index (χ1v) is 6.43. The highest BCUT2D eigenvalue weighted by Crippen LogP contribution is 2.27. The quantitative estimate of drug-likeness (QED) is 0.857. The van der Waals surface area contributed by atoms with Crippen LogP contribution in [0.5, 0.6) is 0 Å². The van der Waals surface area contributed by atoms with E-state index >= 15 is 0 Å². The van der Waals surface area contributed by atoms with Crippen molar-refractivity contribution in [2.75, 3.05) is 5.01 Å². The molecule has 3 heterocycles. The highest BCUT2D eigenvalue weighted by Gasteiger charge is 2.34. The Morgan fingerprint density at radius 3 is 2.68 bits per heavy atom. The fraction of sp³-hybridized carbons (Fsp3) is 0. The predicted molar refractivity (Wildman–Crippen MR) is 75.3 cm³/mol. The van der Waals surface area contributed by atoms with Crippen LogP contribution in [-0.2, 0) is 9.63 Å². The van der Waals surface area contributed by atoms with Gasteiger partial charge >= 0.3 is 5.97 Å². The number of carbonyl (C=O) groups is 1. The van der Waals surface area contributed by atoms with Gasteiger partial charge in [0, 0.05) is 0 Å². The molecule has 0 unspecified atom stereocenters. The number of nitrogens with one attached hydrogen (secondary N) is 1. The van der Waals surface area contributed by atoms with Crippen LogP contribution in [0.25, 0.3) is 0 Å².